The van der Waals surface area contributed by atoms with Crippen molar-refractivity contribution < 1.29 is 28.3 Å². The van der Waals surface area contributed by atoms with Crippen molar-refractivity contribution in [2.24, 2.45) is 0 Å². The van der Waals surface area contributed by atoms with Crippen LogP contribution in [0.4, 0.5) is 5.69 Å². The minimum absolute atomic E-state index is 0.116. The maximum Gasteiger partial charge on any atom is 0.321 e. The van der Waals surface area contributed by atoms with Crippen LogP contribution >= 0.6 is 0 Å². The lowest BCUT2D eigenvalue weighted by atomic mass is 10.2. The fourth-order valence-electron chi connectivity index (χ4n) is 1.66. The summed E-state index contributed by atoms with van der Waals surface area (Å²) < 4.78 is 26.1. The molecule has 0 aromatic heterocycles. The molecule has 0 bridgehead atoms. The molecule has 0 aliphatic heterocycles. The molecule has 0 spiro atoms. The van der Waals surface area contributed by atoms with E-state index in [1.54, 1.807) is 0 Å². The van der Waals surface area contributed by atoms with Crippen molar-refractivity contribution in [1.29, 1.82) is 0 Å². The number of aryl methyl sites for hydroxylation is 1. The highest BCUT2D eigenvalue weighted by molar-refractivity contribution is 7.89. The molecule has 0 fully saturated rings. The second kappa shape index (κ2) is 6.61. The van der Waals surface area contributed by atoms with Crippen LogP contribution < -0.4 is 4.72 Å². The van der Waals surface area contributed by atoms with Gasteiger partial charge in [-0.15, -0.1) is 0 Å². The van der Waals surface area contributed by atoms with Crippen LogP contribution in [0.1, 0.15) is 12.0 Å². The van der Waals surface area contributed by atoms with Gasteiger partial charge >= 0.3 is 5.97 Å². The van der Waals surface area contributed by atoms with Crippen molar-refractivity contribution >= 4 is 21.7 Å². The highest BCUT2D eigenvalue weighted by Gasteiger charge is 2.26. The number of hydrogen-bond donors (Lipinski definition) is 3. The van der Waals surface area contributed by atoms with Crippen molar-refractivity contribution in [3.8, 4) is 0 Å². The van der Waals surface area contributed by atoms with E-state index < -0.39 is 33.6 Å². The number of aliphatic carboxylic acids is 1. The minimum Gasteiger partial charge on any atom is -0.480 e. The summed E-state index contributed by atoms with van der Waals surface area (Å²) in [6.45, 7) is 0.863. The predicted molar refractivity (Wildman–Crippen MR) is 71.3 cm³/mol. The quantitative estimate of drug-likeness (QED) is 0.474. The summed E-state index contributed by atoms with van der Waals surface area (Å²) in [4.78, 5) is 20.6. The lowest BCUT2D eigenvalue weighted by molar-refractivity contribution is -0.385. The molecule has 3 N–H and O–H groups in total. The lowest BCUT2D eigenvalue weighted by Gasteiger charge is -2.14. The van der Waals surface area contributed by atoms with Gasteiger partial charge in [0, 0.05) is 18.7 Å². The number of benzene rings is 1. The fourth-order valence-corrected chi connectivity index (χ4v) is 3.11. The highest BCUT2D eigenvalue weighted by atomic mass is 32.2. The average molecular weight is 318 g/mol. The van der Waals surface area contributed by atoms with Gasteiger partial charge < -0.3 is 10.2 Å². The number of carboxylic acid groups (broad SMARTS) is 1. The van der Waals surface area contributed by atoms with Crippen molar-refractivity contribution in [2.45, 2.75) is 24.3 Å². The zero-order valence-electron chi connectivity index (χ0n) is 11.0. The topological polar surface area (TPSA) is 147 Å². The van der Waals surface area contributed by atoms with E-state index in [0.29, 0.717) is 0 Å². The third kappa shape index (κ3) is 4.21. The Morgan fingerprint density at radius 2 is 2.10 bits per heavy atom. The normalized spacial score (nSPS) is 12.9. The predicted octanol–water partition coefficient (Wildman–Crippen LogP) is 0.0171. The van der Waals surface area contributed by atoms with E-state index in [9.17, 15) is 23.3 Å². The molecule has 0 saturated heterocycles. The minimum atomic E-state index is -4.16. The van der Waals surface area contributed by atoms with Gasteiger partial charge in [-0.2, -0.15) is 4.72 Å². The summed E-state index contributed by atoms with van der Waals surface area (Å²) in [6.07, 6.45) is -0.291. The number of non-ortho nitro benzene ring substituents is 1. The molecule has 0 unspecified atom stereocenters. The SMILES string of the molecule is Cc1cc([N+](=O)[O-])ccc1S(=O)(=O)N[C@H](CCO)C(=O)O. The Bertz CT molecular complexity index is 657. The van der Waals surface area contributed by atoms with E-state index in [4.69, 9.17) is 10.2 Å². The molecule has 1 atom stereocenters. The second-order valence-corrected chi connectivity index (χ2v) is 5.91. The molecule has 0 heterocycles. The number of carbonyl (C=O) groups is 1. The van der Waals surface area contributed by atoms with Crippen LogP contribution in [-0.2, 0) is 14.8 Å². The molecule has 1 aromatic carbocycles. The molecule has 0 aliphatic rings. The summed E-state index contributed by atoms with van der Waals surface area (Å²) in [7, 11) is -4.16. The first-order chi connectivity index (χ1) is 9.69. The Kier molecular flexibility index (Phi) is 5.35. The van der Waals surface area contributed by atoms with Crippen LogP contribution in [0.3, 0.4) is 0 Å². The zero-order chi connectivity index (χ0) is 16.2. The van der Waals surface area contributed by atoms with Gasteiger partial charge in [-0.1, -0.05) is 0 Å². The zero-order valence-corrected chi connectivity index (χ0v) is 11.8. The van der Waals surface area contributed by atoms with Gasteiger partial charge in [0.15, 0.2) is 0 Å². The molecule has 21 heavy (non-hydrogen) atoms. The summed E-state index contributed by atoms with van der Waals surface area (Å²) in [5, 5.41) is 28.2. The molecule has 116 valence electrons. The van der Waals surface area contributed by atoms with E-state index >= 15 is 0 Å². The lowest BCUT2D eigenvalue weighted by Crippen LogP contribution is -2.41. The third-order valence-electron chi connectivity index (χ3n) is 2.67. The third-order valence-corrected chi connectivity index (χ3v) is 4.30. The number of nitrogens with one attached hydrogen (secondary N) is 1. The molecule has 1 rings (SSSR count). The summed E-state index contributed by atoms with van der Waals surface area (Å²) in [5.74, 6) is -1.42. The number of carboxylic acids is 1. The van der Waals surface area contributed by atoms with Gasteiger partial charge in [-0.3, -0.25) is 14.9 Å². The van der Waals surface area contributed by atoms with Crippen molar-refractivity contribution in [3.63, 3.8) is 0 Å². The Balaban J connectivity index is 3.13. The van der Waals surface area contributed by atoms with E-state index in [-0.39, 0.29) is 22.6 Å². The first kappa shape index (κ1) is 17.0. The smallest absolute Gasteiger partial charge is 0.321 e. The number of hydrogen-bond acceptors (Lipinski definition) is 6. The van der Waals surface area contributed by atoms with Crippen LogP contribution in [0.2, 0.25) is 0 Å². The van der Waals surface area contributed by atoms with Crippen LogP contribution in [0.15, 0.2) is 23.1 Å². The summed E-state index contributed by atoms with van der Waals surface area (Å²) >= 11 is 0. The second-order valence-electron chi connectivity index (χ2n) is 4.23. The van der Waals surface area contributed by atoms with Gasteiger partial charge in [0.25, 0.3) is 5.69 Å². The Morgan fingerprint density at radius 1 is 1.48 bits per heavy atom. The van der Waals surface area contributed by atoms with Crippen LogP contribution in [-0.4, -0.2) is 42.2 Å². The standard InChI is InChI=1S/C11H14N2O7S/c1-7-6-8(13(17)18)2-3-10(7)21(19,20)12-9(4-5-14)11(15)16/h2-3,6,9,12,14H,4-5H2,1H3,(H,15,16)/t9-/m1/s1. The number of rotatable bonds is 7. The van der Waals surface area contributed by atoms with Crippen molar-refractivity contribution in [2.75, 3.05) is 6.61 Å². The van der Waals surface area contributed by atoms with Crippen LogP contribution in [0.5, 0.6) is 0 Å². The van der Waals surface area contributed by atoms with Gasteiger partial charge in [0.1, 0.15) is 6.04 Å². The molecule has 0 radical (unpaired) electrons. The number of aliphatic hydroxyl groups is 1. The van der Waals surface area contributed by atoms with Gasteiger partial charge in [-0.05, 0) is 25.0 Å². The number of sulfonamides is 1. The Hall–Kier alpha value is -2.04. The number of nitro groups is 1. The summed E-state index contributed by atoms with van der Waals surface area (Å²) in [5.41, 5.74) is -0.151. The van der Waals surface area contributed by atoms with Gasteiger partial charge in [-0.25, -0.2) is 8.42 Å². The van der Waals surface area contributed by atoms with Gasteiger partial charge in [0.05, 0.1) is 9.82 Å². The van der Waals surface area contributed by atoms with E-state index in [1.165, 1.54) is 6.92 Å². The van der Waals surface area contributed by atoms with E-state index in [1.807, 2.05) is 4.72 Å². The van der Waals surface area contributed by atoms with E-state index in [2.05, 4.69) is 0 Å². The number of nitrogens with zero attached hydrogens (tertiary/aromatic N) is 1. The number of nitro benzene ring substituents is 1. The molecular weight excluding hydrogens is 304 g/mol. The number of aliphatic hydroxyl groups excluding tert-OH is 1. The fraction of sp³-hybridized carbons (Fsp3) is 0.364. The maximum absolute atomic E-state index is 12.1. The average Bonchev–Trinajstić information content (AvgIpc) is 2.37. The largest absolute Gasteiger partial charge is 0.480 e. The summed E-state index contributed by atoms with van der Waals surface area (Å²) in [6, 6.07) is 1.66. The molecule has 0 saturated carbocycles. The first-order valence-electron chi connectivity index (χ1n) is 5.80. The highest BCUT2D eigenvalue weighted by Crippen LogP contribution is 2.21. The molecule has 9 nitrogen and oxygen atoms in total. The van der Waals surface area contributed by atoms with Crippen molar-refractivity contribution in [1.82, 2.24) is 4.72 Å². The molecule has 0 amide bonds. The molecule has 0 aliphatic carbocycles. The van der Waals surface area contributed by atoms with Crippen LogP contribution in [0.25, 0.3) is 0 Å². The van der Waals surface area contributed by atoms with Crippen molar-refractivity contribution in [3.05, 3.63) is 33.9 Å². The van der Waals surface area contributed by atoms with Gasteiger partial charge in [0.2, 0.25) is 10.0 Å². The van der Waals surface area contributed by atoms with Crippen LogP contribution in [0, 0.1) is 17.0 Å². The Labute approximate surface area is 120 Å². The Morgan fingerprint density at radius 3 is 2.52 bits per heavy atom. The molecule has 1 aromatic rings. The monoisotopic (exact) mass is 318 g/mol. The first-order valence-corrected chi connectivity index (χ1v) is 7.28. The molecular formula is C11H14N2O7S. The maximum atomic E-state index is 12.1. The van der Waals surface area contributed by atoms with E-state index in [0.717, 1.165) is 18.2 Å². The molecule has 10 heteroatoms.